The molecule has 4 heterocycles. The Morgan fingerprint density at radius 1 is 1.10 bits per heavy atom. The van der Waals surface area contributed by atoms with Crippen LogP contribution in [0.2, 0.25) is 0 Å². The van der Waals surface area contributed by atoms with E-state index in [1.165, 1.54) is 6.20 Å². The minimum absolute atomic E-state index is 0.157. The second-order valence-electron chi connectivity index (χ2n) is 10.7. The van der Waals surface area contributed by atoms with Gasteiger partial charge in [-0.2, -0.15) is 5.26 Å². The van der Waals surface area contributed by atoms with Gasteiger partial charge >= 0.3 is 0 Å². The summed E-state index contributed by atoms with van der Waals surface area (Å²) in [6.07, 6.45) is 8.17. The zero-order valence-corrected chi connectivity index (χ0v) is 22.8. The number of carbonyl (C=O) groups is 2. The molecule has 0 saturated carbocycles. The maximum atomic E-state index is 13.7. The van der Waals surface area contributed by atoms with Crippen molar-refractivity contribution in [2.24, 2.45) is 0 Å². The Hall–Kier alpha value is -4.23. The highest BCUT2D eigenvalue weighted by molar-refractivity contribution is 6.08. The molecule has 1 aromatic carbocycles. The van der Waals surface area contributed by atoms with Gasteiger partial charge < -0.3 is 14.5 Å². The van der Waals surface area contributed by atoms with Crippen LogP contribution < -0.4 is 4.74 Å². The molecule has 212 valence electrons. The summed E-state index contributed by atoms with van der Waals surface area (Å²) in [6.45, 7) is 1.23. The molecule has 10 heteroatoms. The Morgan fingerprint density at radius 2 is 1.85 bits per heavy atom. The zero-order chi connectivity index (χ0) is 29.0. The molecule has 2 aromatic heterocycles. The Balaban J connectivity index is 1.23. The molecule has 0 N–H and O–H groups in total. The van der Waals surface area contributed by atoms with E-state index in [2.05, 4.69) is 21.9 Å². The Labute approximate surface area is 237 Å². The van der Waals surface area contributed by atoms with E-state index in [-0.39, 0.29) is 24.7 Å². The van der Waals surface area contributed by atoms with Gasteiger partial charge in [-0.3, -0.25) is 14.6 Å². The van der Waals surface area contributed by atoms with Crippen LogP contribution in [0.1, 0.15) is 53.6 Å². The molecule has 5 rings (SSSR count). The van der Waals surface area contributed by atoms with Crippen LogP contribution in [-0.4, -0.2) is 76.2 Å². The van der Waals surface area contributed by atoms with E-state index in [1.54, 1.807) is 18.3 Å². The summed E-state index contributed by atoms with van der Waals surface area (Å²) < 4.78 is 33.5. The van der Waals surface area contributed by atoms with Crippen molar-refractivity contribution in [3.63, 3.8) is 0 Å². The van der Waals surface area contributed by atoms with Crippen LogP contribution in [0.3, 0.4) is 0 Å². The number of rotatable bonds is 8. The number of carbonyl (C=O) groups excluding carboxylic acids is 2. The third-order valence-corrected chi connectivity index (χ3v) is 7.55. The first kappa shape index (κ1) is 28.3. The second-order valence-corrected chi connectivity index (χ2v) is 10.7. The molecule has 2 aliphatic heterocycles. The second kappa shape index (κ2) is 12.1. The fourth-order valence-electron chi connectivity index (χ4n) is 5.23. The topological polar surface area (TPSA) is 99.4 Å². The third kappa shape index (κ3) is 6.92. The van der Waals surface area contributed by atoms with Crippen molar-refractivity contribution in [1.82, 2.24) is 19.8 Å². The molecule has 2 saturated heterocycles. The lowest BCUT2D eigenvalue weighted by molar-refractivity contribution is -0.132. The Morgan fingerprint density at radius 3 is 2.59 bits per heavy atom. The van der Waals surface area contributed by atoms with E-state index in [9.17, 15) is 18.4 Å². The lowest BCUT2D eigenvalue weighted by atomic mass is 10.00. The van der Waals surface area contributed by atoms with E-state index >= 15 is 0 Å². The molecule has 2 aliphatic rings. The Bertz CT molecular complexity index is 1490. The molecule has 0 aliphatic carbocycles. The molecule has 0 unspecified atom stereocenters. The number of benzene rings is 1. The van der Waals surface area contributed by atoms with Gasteiger partial charge in [-0.15, -0.1) is 0 Å². The summed E-state index contributed by atoms with van der Waals surface area (Å²) in [6, 6.07) is 11.5. The van der Waals surface area contributed by atoms with Crippen molar-refractivity contribution in [1.29, 1.82) is 5.26 Å². The van der Waals surface area contributed by atoms with Crippen LogP contribution in [0, 0.1) is 11.3 Å². The number of nitriles is 1. The summed E-state index contributed by atoms with van der Waals surface area (Å²) in [5.41, 5.74) is 2.77. The smallest absolute Gasteiger partial charge is 0.268 e. The number of aromatic nitrogens is 2. The average molecular weight is 560 g/mol. The van der Waals surface area contributed by atoms with Crippen molar-refractivity contribution >= 4 is 34.7 Å². The predicted octanol–water partition coefficient (Wildman–Crippen LogP) is 5.00. The first-order valence-corrected chi connectivity index (χ1v) is 13.7. The highest BCUT2D eigenvalue weighted by Gasteiger charge is 2.47. The van der Waals surface area contributed by atoms with E-state index in [4.69, 9.17) is 10.00 Å². The normalized spacial score (nSPS) is 19.5. The molecular weight excluding hydrogens is 528 g/mol. The number of fused-ring (bicyclic) bond motifs is 1. The number of nitrogens with zero attached hydrogens (tertiary/aromatic N) is 5. The van der Waals surface area contributed by atoms with Crippen molar-refractivity contribution in [3.05, 3.63) is 65.5 Å². The van der Waals surface area contributed by atoms with Gasteiger partial charge in [0.2, 0.25) is 11.8 Å². The quantitative estimate of drug-likeness (QED) is 0.358. The number of amides is 1. The van der Waals surface area contributed by atoms with Crippen molar-refractivity contribution in [2.45, 2.75) is 50.2 Å². The fraction of sp³-hybridized carbons (Fsp3) is 0.387. The van der Waals surface area contributed by atoms with Crippen LogP contribution in [0.5, 0.6) is 5.88 Å². The maximum Gasteiger partial charge on any atom is 0.268 e. The van der Waals surface area contributed by atoms with Crippen LogP contribution in [-0.2, 0) is 4.79 Å². The minimum Gasteiger partial charge on any atom is -0.474 e. The number of pyridine rings is 2. The summed E-state index contributed by atoms with van der Waals surface area (Å²) in [4.78, 5) is 37.6. The summed E-state index contributed by atoms with van der Waals surface area (Å²) in [5, 5.41) is 9.78. The van der Waals surface area contributed by atoms with Crippen LogP contribution in [0.25, 0.3) is 23.1 Å². The number of hydrogen-bond donors (Lipinski definition) is 0. The fourth-order valence-corrected chi connectivity index (χ4v) is 5.23. The minimum atomic E-state index is -3.09. The van der Waals surface area contributed by atoms with Crippen LogP contribution in [0.15, 0.2) is 48.8 Å². The average Bonchev–Trinajstić information content (AvgIpc) is 3.30. The summed E-state index contributed by atoms with van der Waals surface area (Å²) in [7, 11) is 2.11. The van der Waals surface area contributed by atoms with Crippen LogP contribution >= 0.6 is 0 Å². The monoisotopic (exact) mass is 559 g/mol. The van der Waals surface area contributed by atoms with Gasteiger partial charge in [0.15, 0.2) is 5.78 Å². The first-order chi connectivity index (χ1) is 19.7. The molecule has 41 heavy (non-hydrogen) atoms. The molecule has 0 radical (unpaired) electrons. The van der Waals surface area contributed by atoms with Crippen LogP contribution in [0.4, 0.5) is 8.78 Å². The number of likely N-dealkylation sites (tertiary alicyclic amines) is 2. The summed E-state index contributed by atoms with van der Waals surface area (Å²) >= 11 is 0. The number of Topliss-reactive ketones (excluding diaryl/α,β-unsaturated/α-hetero) is 1. The molecule has 0 bridgehead atoms. The lowest BCUT2D eigenvalue weighted by Crippen LogP contribution is -2.36. The van der Waals surface area contributed by atoms with E-state index in [0.717, 1.165) is 42.0 Å². The zero-order valence-electron chi connectivity index (χ0n) is 22.8. The van der Waals surface area contributed by atoms with Gasteiger partial charge in [0.1, 0.15) is 12.1 Å². The SMILES string of the molecule is CN1CCC(Oc2ccc(/C=C/c3ccc4nccc(C(=O)CCC(=O)N5CC(F)(F)C[C@H]5C#N)c4c3)cn2)CC1. The maximum absolute atomic E-state index is 13.7. The number of hydrogen-bond acceptors (Lipinski definition) is 7. The summed E-state index contributed by atoms with van der Waals surface area (Å²) in [5.74, 6) is -3.41. The van der Waals surface area contributed by atoms with E-state index in [1.807, 2.05) is 42.5 Å². The standard InChI is InChI=1S/C31H31F2N5O3/c1-37-14-11-24(12-15-37)41-29-8-5-22(19-36-29)3-2-21-4-6-27-26(16-21)25(10-13-35-27)28(39)7-9-30(40)38-20-31(32,33)17-23(38)18-34/h2-6,8,10,13,16,19,23-24H,7,9,11-12,14-15,17,20H2,1H3/b3-2+/t23-/m0/s1. The van der Waals surface area contributed by atoms with Gasteiger partial charge in [0.05, 0.1) is 18.1 Å². The van der Waals surface area contributed by atoms with E-state index < -0.39 is 30.8 Å². The number of halogens is 2. The van der Waals surface area contributed by atoms with Crippen molar-refractivity contribution < 1.29 is 23.1 Å². The number of ketones is 1. The lowest BCUT2D eigenvalue weighted by Gasteiger charge is -2.28. The van der Waals surface area contributed by atoms with Crippen molar-refractivity contribution in [3.8, 4) is 11.9 Å². The molecule has 0 spiro atoms. The first-order valence-electron chi connectivity index (χ1n) is 13.7. The molecule has 3 aromatic rings. The predicted molar refractivity (Wildman–Crippen MR) is 150 cm³/mol. The molecular formula is C31H31F2N5O3. The largest absolute Gasteiger partial charge is 0.474 e. The van der Waals surface area contributed by atoms with E-state index in [0.29, 0.717) is 22.3 Å². The van der Waals surface area contributed by atoms with Gasteiger partial charge in [-0.25, -0.2) is 13.8 Å². The number of ether oxygens (including phenoxy) is 1. The van der Waals surface area contributed by atoms with Gasteiger partial charge in [-0.1, -0.05) is 18.2 Å². The number of piperidine rings is 1. The molecule has 1 amide bonds. The van der Waals surface area contributed by atoms with Gasteiger partial charge in [0, 0.05) is 61.8 Å². The van der Waals surface area contributed by atoms with Gasteiger partial charge in [-0.05, 0) is 55.3 Å². The molecule has 2 fully saturated rings. The molecule has 1 atom stereocenters. The molecule has 8 nitrogen and oxygen atoms in total. The van der Waals surface area contributed by atoms with Gasteiger partial charge in [0.25, 0.3) is 5.92 Å². The number of alkyl halides is 2. The van der Waals surface area contributed by atoms with Crippen molar-refractivity contribution in [2.75, 3.05) is 26.7 Å². The highest BCUT2D eigenvalue weighted by atomic mass is 19.3. The highest BCUT2D eigenvalue weighted by Crippen LogP contribution is 2.32. The third-order valence-electron chi connectivity index (χ3n) is 7.55. The Kier molecular flexibility index (Phi) is 8.36.